The van der Waals surface area contributed by atoms with E-state index in [-0.39, 0.29) is 0 Å². The highest BCUT2D eigenvalue weighted by Crippen LogP contribution is 2.38. The second-order valence-corrected chi connectivity index (χ2v) is 7.26. The molecule has 1 aliphatic carbocycles. The number of nitrogens with zero attached hydrogens (tertiary/aromatic N) is 6. The van der Waals surface area contributed by atoms with Gasteiger partial charge < -0.3 is 4.57 Å². The predicted molar refractivity (Wildman–Crippen MR) is 92.4 cm³/mol. The lowest BCUT2D eigenvalue weighted by molar-refractivity contribution is 0.216. The number of hydrogen-bond donors (Lipinski definition) is 0. The number of likely N-dealkylation sites (N-methyl/N-ethyl adjacent to an activating group) is 1. The summed E-state index contributed by atoms with van der Waals surface area (Å²) in [5.74, 6) is 2.91. The summed E-state index contributed by atoms with van der Waals surface area (Å²) >= 11 is 0. The van der Waals surface area contributed by atoms with E-state index in [1.54, 1.807) is 0 Å². The van der Waals surface area contributed by atoms with E-state index in [0.717, 1.165) is 32.0 Å². The zero-order chi connectivity index (χ0) is 16.5. The first-order chi connectivity index (χ1) is 11.7. The summed E-state index contributed by atoms with van der Waals surface area (Å²) in [5, 5.41) is 8.82. The fraction of sp³-hybridized carbons (Fsp3) is 0.611. The highest BCUT2D eigenvalue weighted by atomic mass is 15.3. The SMILES string of the molecule is CN(Cc1nnc(C2CC2)n1C)[C@@H]1CCN(Cc2cccnc2)C1. The Morgan fingerprint density at radius 1 is 1.25 bits per heavy atom. The maximum Gasteiger partial charge on any atom is 0.146 e. The van der Waals surface area contributed by atoms with Crippen LogP contribution >= 0.6 is 0 Å². The molecule has 3 heterocycles. The van der Waals surface area contributed by atoms with Gasteiger partial charge in [0.2, 0.25) is 0 Å². The van der Waals surface area contributed by atoms with Gasteiger partial charge in [-0.05, 0) is 37.9 Å². The van der Waals surface area contributed by atoms with E-state index < -0.39 is 0 Å². The third kappa shape index (κ3) is 3.35. The summed E-state index contributed by atoms with van der Waals surface area (Å²) in [6.07, 6.45) is 7.56. The standard InChI is InChI=1S/C18H26N6/c1-22(13-17-20-21-18(23(17)2)15-5-6-15)16-7-9-24(12-16)11-14-4-3-8-19-10-14/h3-4,8,10,15-16H,5-7,9,11-13H2,1-2H3/t16-/m1/s1. The molecule has 0 radical (unpaired) electrons. The van der Waals surface area contributed by atoms with Crippen LogP contribution in [0.4, 0.5) is 0 Å². The van der Waals surface area contributed by atoms with Gasteiger partial charge in [0.15, 0.2) is 0 Å². The molecule has 1 saturated carbocycles. The number of pyridine rings is 1. The molecule has 1 aliphatic heterocycles. The fourth-order valence-corrected chi connectivity index (χ4v) is 3.63. The summed E-state index contributed by atoms with van der Waals surface area (Å²) in [6.45, 7) is 4.13. The number of rotatable bonds is 6. The maximum absolute atomic E-state index is 4.42. The molecule has 128 valence electrons. The monoisotopic (exact) mass is 326 g/mol. The Labute approximate surface area is 143 Å². The van der Waals surface area contributed by atoms with Crippen molar-refractivity contribution in [3.8, 4) is 0 Å². The highest BCUT2D eigenvalue weighted by molar-refractivity contribution is 5.09. The Balaban J connectivity index is 1.33. The predicted octanol–water partition coefficient (Wildman–Crippen LogP) is 1.79. The lowest BCUT2D eigenvalue weighted by Crippen LogP contribution is -2.34. The molecule has 2 fully saturated rings. The van der Waals surface area contributed by atoms with Gasteiger partial charge in [-0.3, -0.25) is 14.8 Å². The molecule has 2 aromatic rings. The Morgan fingerprint density at radius 3 is 2.88 bits per heavy atom. The summed E-state index contributed by atoms with van der Waals surface area (Å²) in [4.78, 5) is 9.17. The van der Waals surface area contributed by atoms with Crippen LogP contribution in [0, 0.1) is 0 Å². The Kier molecular flexibility index (Phi) is 4.33. The summed E-state index contributed by atoms with van der Waals surface area (Å²) in [6, 6.07) is 4.76. The third-order valence-corrected chi connectivity index (χ3v) is 5.33. The van der Waals surface area contributed by atoms with Crippen LogP contribution in [0.2, 0.25) is 0 Å². The number of likely N-dealkylation sites (tertiary alicyclic amines) is 1. The molecule has 0 bridgehead atoms. The average molecular weight is 326 g/mol. The summed E-state index contributed by atoms with van der Waals surface area (Å²) in [7, 11) is 4.32. The molecule has 2 aliphatic rings. The van der Waals surface area contributed by atoms with Gasteiger partial charge in [-0.15, -0.1) is 10.2 Å². The molecule has 0 amide bonds. The normalized spacial score (nSPS) is 21.7. The van der Waals surface area contributed by atoms with E-state index in [0.29, 0.717) is 12.0 Å². The van der Waals surface area contributed by atoms with Crippen LogP contribution < -0.4 is 0 Å². The van der Waals surface area contributed by atoms with Crippen molar-refractivity contribution in [2.75, 3.05) is 20.1 Å². The van der Waals surface area contributed by atoms with E-state index in [2.05, 4.69) is 49.7 Å². The largest absolute Gasteiger partial charge is 0.317 e. The molecule has 1 atom stereocenters. The van der Waals surface area contributed by atoms with E-state index in [9.17, 15) is 0 Å². The van der Waals surface area contributed by atoms with Crippen molar-refractivity contribution in [1.82, 2.24) is 29.5 Å². The molecule has 0 aromatic carbocycles. The molecular weight excluding hydrogens is 300 g/mol. The van der Waals surface area contributed by atoms with E-state index >= 15 is 0 Å². The van der Waals surface area contributed by atoms with Crippen molar-refractivity contribution in [2.24, 2.45) is 7.05 Å². The van der Waals surface area contributed by atoms with Crippen LogP contribution in [0.5, 0.6) is 0 Å². The van der Waals surface area contributed by atoms with Crippen molar-refractivity contribution >= 4 is 0 Å². The Morgan fingerprint density at radius 2 is 2.12 bits per heavy atom. The van der Waals surface area contributed by atoms with Crippen molar-refractivity contribution in [3.05, 3.63) is 41.7 Å². The molecule has 2 aromatic heterocycles. The topological polar surface area (TPSA) is 50.1 Å². The van der Waals surface area contributed by atoms with Crippen LogP contribution in [0.25, 0.3) is 0 Å². The van der Waals surface area contributed by atoms with Gasteiger partial charge in [0.25, 0.3) is 0 Å². The molecule has 0 unspecified atom stereocenters. The molecule has 6 heteroatoms. The first-order valence-corrected chi connectivity index (χ1v) is 8.90. The molecule has 6 nitrogen and oxygen atoms in total. The van der Waals surface area contributed by atoms with E-state index in [1.165, 1.54) is 30.7 Å². The highest BCUT2D eigenvalue weighted by Gasteiger charge is 2.30. The summed E-state index contributed by atoms with van der Waals surface area (Å²) < 4.78 is 2.20. The van der Waals surface area contributed by atoms with Gasteiger partial charge in [0, 0.05) is 51.0 Å². The molecule has 0 N–H and O–H groups in total. The van der Waals surface area contributed by atoms with Gasteiger partial charge in [-0.1, -0.05) is 6.07 Å². The number of aromatic nitrogens is 4. The smallest absolute Gasteiger partial charge is 0.146 e. The van der Waals surface area contributed by atoms with E-state index in [1.807, 2.05) is 18.5 Å². The molecule has 0 spiro atoms. The van der Waals surface area contributed by atoms with Crippen molar-refractivity contribution < 1.29 is 0 Å². The average Bonchev–Trinajstić information content (AvgIpc) is 3.22. The quantitative estimate of drug-likeness (QED) is 0.810. The minimum Gasteiger partial charge on any atom is -0.317 e. The van der Waals surface area contributed by atoms with Gasteiger partial charge in [-0.2, -0.15) is 0 Å². The third-order valence-electron chi connectivity index (χ3n) is 5.33. The molecule has 4 rings (SSSR count). The lowest BCUT2D eigenvalue weighted by Gasteiger charge is -2.24. The first kappa shape index (κ1) is 15.7. The molecule has 1 saturated heterocycles. The zero-order valence-electron chi connectivity index (χ0n) is 14.6. The van der Waals surface area contributed by atoms with Gasteiger partial charge in [-0.25, -0.2) is 0 Å². The molecule has 24 heavy (non-hydrogen) atoms. The Bertz CT molecular complexity index is 678. The van der Waals surface area contributed by atoms with Crippen LogP contribution in [0.15, 0.2) is 24.5 Å². The van der Waals surface area contributed by atoms with Gasteiger partial charge in [0.05, 0.1) is 6.54 Å². The number of hydrogen-bond acceptors (Lipinski definition) is 5. The second kappa shape index (κ2) is 6.61. The minimum absolute atomic E-state index is 0.586. The van der Waals surface area contributed by atoms with Crippen LogP contribution in [-0.4, -0.2) is 55.7 Å². The van der Waals surface area contributed by atoms with Crippen LogP contribution in [-0.2, 0) is 20.1 Å². The molecular formula is C18H26N6. The maximum atomic E-state index is 4.42. The second-order valence-electron chi connectivity index (χ2n) is 7.26. The minimum atomic E-state index is 0.586. The fourth-order valence-electron chi connectivity index (χ4n) is 3.63. The van der Waals surface area contributed by atoms with Gasteiger partial charge in [0.1, 0.15) is 11.6 Å². The Hall–Kier alpha value is -1.79. The first-order valence-electron chi connectivity index (χ1n) is 8.90. The van der Waals surface area contributed by atoms with Crippen molar-refractivity contribution in [2.45, 2.75) is 44.3 Å². The van der Waals surface area contributed by atoms with Crippen molar-refractivity contribution in [1.29, 1.82) is 0 Å². The lowest BCUT2D eigenvalue weighted by atomic mass is 10.2. The zero-order valence-corrected chi connectivity index (χ0v) is 14.6. The van der Waals surface area contributed by atoms with Gasteiger partial charge >= 0.3 is 0 Å². The van der Waals surface area contributed by atoms with Crippen molar-refractivity contribution in [3.63, 3.8) is 0 Å². The summed E-state index contributed by atoms with van der Waals surface area (Å²) in [5.41, 5.74) is 1.29. The van der Waals surface area contributed by atoms with E-state index in [4.69, 9.17) is 0 Å². The van der Waals surface area contributed by atoms with Crippen LogP contribution in [0.3, 0.4) is 0 Å². The van der Waals surface area contributed by atoms with Crippen LogP contribution in [0.1, 0.15) is 42.4 Å².